The summed E-state index contributed by atoms with van der Waals surface area (Å²) in [4.78, 5) is 0. The monoisotopic (exact) mass is 125 g/mol. The van der Waals surface area contributed by atoms with E-state index in [0.717, 1.165) is 0 Å². The summed E-state index contributed by atoms with van der Waals surface area (Å²) in [5.41, 5.74) is 6.34. The molecule has 48 valence electrons. The Hall–Kier alpha value is -1.16. The number of aliphatic hydroxyl groups excluding tert-OH is 1. The van der Waals surface area contributed by atoms with Crippen molar-refractivity contribution < 1.29 is 5.11 Å². The Kier molecular flexibility index (Phi) is 1.60. The van der Waals surface area contributed by atoms with Crippen LogP contribution in [0.25, 0.3) is 0 Å². The predicted molar refractivity (Wildman–Crippen MR) is 32.4 cm³/mol. The molecule has 0 aliphatic heterocycles. The van der Waals surface area contributed by atoms with E-state index in [1.54, 1.807) is 6.07 Å². The van der Waals surface area contributed by atoms with Crippen molar-refractivity contribution >= 4 is 5.69 Å². The number of hydrogen-bond donors (Lipinski definition) is 2. The van der Waals surface area contributed by atoms with Crippen molar-refractivity contribution in [3.63, 3.8) is 0 Å². The molecule has 1 aromatic heterocycles. The first-order chi connectivity index (χ1) is 4.33. The highest BCUT2D eigenvalue weighted by molar-refractivity contribution is 5.34. The van der Waals surface area contributed by atoms with Crippen molar-refractivity contribution in [3.8, 4) is 0 Å². The van der Waals surface area contributed by atoms with E-state index in [-0.39, 0.29) is 6.61 Å². The topological polar surface area (TPSA) is 72.0 Å². The maximum atomic E-state index is 8.50. The summed E-state index contributed by atoms with van der Waals surface area (Å²) in [6, 6.07) is 1.58. The number of anilines is 1. The van der Waals surface area contributed by atoms with E-state index < -0.39 is 0 Å². The number of aromatic nitrogens is 2. The standard InChI is InChI=1S/C5H7N3O/c6-4-1-5(3-9)8-7-2-4/h1-2,9H,3H2,(H2,6,8). The maximum absolute atomic E-state index is 8.50. The van der Waals surface area contributed by atoms with E-state index >= 15 is 0 Å². The number of nitrogens with zero attached hydrogens (tertiary/aromatic N) is 2. The van der Waals surface area contributed by atoms with Crippen LogP contribution in [0.5, 0.6) is 0 Å². The highest BCUT2D eigenvalue weighted by Crippen LogP contribution is 1.98. The van der Waals surface area contributed by atoms with Gasteiger partial charge in [0.15, 0.2) is 0 Å². The SMILES string of the molecule is Nc1cnnc(CO)c1. The Morgan fingerprint density at radius 2 is 2.44 bits per heavy atom. The minimum Gasteiger partial charge on any atom is -0.397 e. The Morgan fingerprint density at radius 3 is 2.89 bits per heavy atom. The van der Waals surface area contributed by atoms with E-state index in [1.165, 1.54) is 6.20 Å². The Bertz CT molecular complexity index is 201. The highest BCUT2D eigenvalue weighted by Gasteiger charge is 1.90. The van der Waals surface area contributed by atoms with Crippen LogP contribution in [0.4, 0.5) is 5.69 Å². The summed E-state index contributed by atoms with van der Waals surface area (Å²) in [6.07, 6.45) is 1.43. The van der Waals surface area contributed by atoms with Gasteiger partial charge in [0, 0.05) is 0 Å². The van der Waals surface area contributed by atoms with E-state index in [0.29, 0.717) is 11.4 Å². The molecule has 0 saturated heterocycles. The normalized spacial score (nSPS) is 9.44. The zero-order valence-electron chi connectivity index (χ0n) is 4.78. The smallest absolute Gasteiger partial charge is 0.0905 e. The van der Waals surface area contributed by atoms with Crippen molar-refractivity contribution in [2.24, 2.45) is 0 Å². The first-order valence-electron chi connectivity index (χ1n) is 2.51. The molecule has 0 aliphatic rings. The second kappa shape index (κ2) is 2.41. The van der Waals surface area contributed by atoms with Crippen molar-refractivity contribution in [1.82, 2.24) is 10.2 Å². The number of hydrogen-bond acceptors (Lipinski definition) is 4. The Morgan fingerprint density at radius 1 is 1.67 bits per heavy atom. The van der Waals surface area contributed by atoms with Crippen LogP contribution < -0.4 is 5.73 Å². The van der Waals surface area contributed by atoms with Gasteiger partial charge in [-0.3, -0.25) is 0 Å². The molecule has 0 saturated carbocycles. The quantitative estimate of drug-likeness (QED) is 0.533. The van der Waals surface area contributed by atoms with Gasteiger partial charge in [-0.2, -0.15) is 10.2 Å². The highest BCUT2D eigenvalue weighted by atomic mass is 16.3. The van der Waals surface area contributed by atoms with Gasteiger partial charge in [0.05, 0.1) is 24.2 Å². The molecule has 0 aliphatic carbocycles. The molecule has 0 amide bonds. The average molecular weight is 125 g/mol. The van der Waals surface area contributed by atoms with Crippen LogP contribution in [-0.4, -0.2) is 15.3 Å². The summed E-state index contributed by atoms with van der Waals surface area (Å²) in [6.45, 7) is -0.113. The van der Waals surface area contributed by atoms with Crippen molar-refractivity contribution in [2.45, 2.75) is 6.61 Å². The largest absolute Gasteiger partial charge is 0.397 e. The molecule has 1 heterocycles. The summed E-state index contributed by atoms with van der Waals surface area (Å²) in [5, 5.41) is 15.6. The molecule has 3 N–H and O–H groups in total. The summed E-state index contributed by atoms with van der Waals surface area (Å²) >= 11 is 0. The van der Waals surface area contributed by atoms with Gasteiger partial charge in [0.1, 0.15) is 0 Å². The Labute approximate surface area is 52.3 Å². The van der Waals surface area contributed by atoms with E-state index in [1.807, 2.05) is 0 Å². The van der Waals surface area contributed by atoms with E-state index in [9.17, 15) is 0 Å². The van der Waals surface area contributed by atoms with Crippen LogP contribution in [0.1, 0.15) is 5.69 Å². The third kappa shape index (κ3) is 1.36. The van der Waals surface area contributed by atoms with Gasteiger partial charge in [0.2, 0.25) is 0 Å². The van der Waals surface area contributed by atoms with Crippen LogP contribution >= 0.6 is 0 Å². The first kappa shape index (κ1) is 5.97. The molecule has 0 atom stereocenters. The molecule has 4 heteroatoms. The molecule has 0 unspecified atom stereocenters. The minimum atomic E-state index is -0.113. The van der Waals surface area contributed by atoms with Crippen molar-refractivity contribution in [2.75, 3.05) is 5.73 Å². The fraction of sp³-hybridized carbons (Fsp3) is 0.200. The van der Waals surface area contributed by atoms with Crippen LogP contribution in [0, 0.1) is 0 Å². The molecule has 0 bridgehead atoms. The molecule has 4 nitrogen and oxygen atoms in total. The van der Waals surface area contributed by atoms with Gasteiger partial charge >= 0.3 is 0 Å². The third-order valence-electron chi connectivity index (χ3n) is 0.888. The minimum absolute atomic E-state index is 0.113. The third-order valence-corrected chi connectivity index (χ3v) is 0.888. The number of nitrogen functional groups attached to an aromatic ring is 1. The second-order valence-corrected chi connectivity index (χ2v) is 1.64. The first-order valence-corrected chi connectivity index (χ1v) is 2.51. The zero-order valence-corrected chi connectivity index (χ0v) is 4.78. The maximum Gasteiger partial charge on any atom is 0.0905 e. The molecule has 0 spiro atoms. The number of aliphatic hydroxyl groups is 1. The lowest BCUT2D eigenvalue weighted by atomic mass is 10.4. The van der Waals surface area contributed by atoms with Crippen LogP contribution in [0.3, 0.4) is 0 Å². The molecule has 0 fully saturated rings. The second-order valence-electron chi connectivity index (χ2n) is 1.64. The van der Waals surface area contributed by atoms with Crippen LogP contribution in [0.2, 0.25) is 0 Å². The summed E-state index contributed by atoms with van der Waals surface area (Å²) in [7, 11) is 0. The van der Waals surface area contributed by atoms with Gasteiger partial charge in [-0.15, -0.1) is 0 Å². The van der Waals surface area contributed by atoms with Gasteiger partial charge < -0.3 is 10.8 Å². The van der Waals surface area contributed by atoms with Crippen molar-refractivity contribution in [1.29, 1.82) is 0 Å². The van der Waals surface area contributed by atoms with Crippen LogP contribution in [0.15, 0.2) is 12.3 Å². The van der Waals surface area contributed by atoms with Crippen molar-refractivity contribution in [3.05, 3.63) is 18.0 Å². The molecular weight excluding hydrogens is 118 g/mol. The molecular formula is C5H7N3O. The fourth-order valence-electron chi connectivity index (χ4n) is 0.505. The molecule has 1 aromatic rings. The summed E-state index contributed by atoms with van der Waals surface area (Å²) in [5.74, 6) is 0. The fourth-order valence-corrected chi connectivity index (χ4v) is 0.505. The number of nitrogens with two attached hydrogens (primary N) is 1. The predicted octanol–water partition coefficient (Wildman–Crippen LogP) is -0.449. The van der Waals surface area contributed by atoms with Gasteiger partial charge in [-0.1, -0.05) is 0 Å². The van der Waals surface area contributed by atoms with Gasteiger partial charge in [-0.05, 0) is 6.07 Å². The molecule has 0 aromatic carbocycles. The average Bonchev–Trinajstić information content (AvgIpc) is 1.88. The lowest BCUT2D eigenvalue weighted by Gasteiger charge is -1.92. The number of rotatable bonds is 1. The Balaban J connectivity index is 2.94. The lowest BCUT2D eigenvalue weighted by molar-refractivity contribution is 0.275. The molecule has 0 radical (unpaired) electrons. The molecule has 9 heavy (non-hydrogen) atoms. The van der Waals surface area contributed by atoms with E-state index in [2.05, 4.69) is 10.2 Å². The van der Waals surface area contributed by atoms with Gasteiger partial charge in [-0.25, -0.2) is 0 Å². The van der Waals surface area contributed by atoms with E-state index in [4.69, 9.17) is 10.8 Å². The van der Waals surface area contributed by atoms with Gasteiger partial charge in [0.25, 0.3) is 0 Å². The zero-order chi connectivity index (χ0) is 6.69. The molecule has 1 rings (SSSR count). The lowest BCUT2D eigenvalue weighted by Crippen LogP contribution is -1.94. The summed E-state index contributed by atoms with van der Waals surface area (Å²) < 4.78 is 0. The van der Waals surface area contributed by atoms with Crippen LogP contribution in [-0.2, 0) is 6.61 Å².